The molecule has 2 aliphatic heterocycles. The molecule has 8 heteroatoms. The Hall–Kier alpha value is -3.29. The molecule has 8 nitrogen and oxygen atoms in total. The molecule has 1 aromatic carbocycles. The third-order valence-corrected chi connectivity index (χ3v) is 4.83. The maximum absolute atomic E-state index is 12.1. The topological polar surface area (TPSA) is 111 Å². The van der Waals surface area contributed by atoms with Crippen LogP contribution < -0.4 is 26.9 Å². The lowest BCUT2D eigenvalue weighted by atomic mass is 10.1. The molecule has 2 aromatic rings. The number of rotatable bonds is 3. The van der Waals surface area contributed by atoms with Crippen molar-refractivity contribution in [2.45, 2.75) is 13.8 Å². The average molecular weight is 352 g/mol. The van der Waals surface area contributed by atoms with Crippen molar-refractivity contribution in [2.75, 3.05) is 25.9 Å². The average Bonchev–Trinajstić information content (AvgIpc) is 3.15. The highest BCUT2D eigenvalue weighted by molar-refractivity contribution is 5.99. The van der Waals surface area contributed by atoms with Crippen molar-refractivity contribution in [2.24, 2.45) is 15.7 Å². The number of nitrogens with zero attached hydrogens (tertiary/aromatic N) is 4. The second-order valence-corrected chi connectivity index (χ2v) is 6.37. The third-order valence-electron chi connectivity index (χ3n) is 4.83. The molecule has 4 rings (SSSR count). The van der Waals surface area contributed by atoms with Crippen LogP contribution in [0, 0.1) is 13.8 Å². The first-order chi connectivity index (χ1) is 12.4. The van der Waals surface area contributed by atoms with E-state index >= 15 is 0 Å². The molecule has 134 valence electrons. The van der Waals surface area contributed by atoms with Gasteiger partial charge in [0.05, 0.1) is 30.1 Å². The van der Waals surface area contributed by atoms with E-state index in [1.165, 1.54) is 0 Å². The van der Waals surface area contributed by atoms with E-state index < -0.39 is 5.91 Å². The number of aryl methyl sites for hydroxylation is 1. The number of nitrogens with two attached hydrogens (primary N) is 2. The maximum atomic E-state index is 12.1. The van der Waals surface area contributed by atoms with Gasteiger partial charge < -0.3 is 21.1 Å². The van der Waals surface area contributed by atoms with E-state index in [1.54, 1.807) is 11.7 Å². The van der Waals surface area contributed by atoms with Crippen molar-refractivity contribution in [1.82, 2.24) is 9.47 Å². The summed E-state index contributed by atoms with van der Waals surface area (Å²) in [5.74, 6) is 1.03. The van der Waals surface area contributed by atoms with E-state index in [4.69, 9.17) is 16.2 Å². The molecule has 0 atom stereocenters. The fourth-order valence-corrected chi connectivity index (χ4v) is 3.62. The summed E-state index contributed by atoms with van der Waals surface area (Å²) in [5, 5.41) is 0.623. The number of methoxy groups -OCH3 is 1. The third kappa shape index (κ3) is 2.11. The summed E-state index contributed by atoms with van der Waals surface area (Å²) in [5.41, 5.74) is 15.6. The summed E-state index contributed by atoms with van der Waals surface area (Å²) in [6.07, 6.45) is 1.85. The molecule has 4 N–H and O–H groups in total. The largest absolute Gasteiger partial charge is 0.496 e. The van der Waals surface area contributed by atoms with Crippen molar-refractivity contribution in [3.63, 3.8) is 0 Å². The van der Waals surface area contributed by atoms with Gasteiger partial charge in [0.2, 0.25) is 5.96 Å². The summed E-state index contributed by atoms with van der Waals surface area (Å²) in [6.45, 7) is 5.31. The van der Waals surface area contributed by atoms with Crippen LogP contribution >= 0.6 is 0 Å². The van der Waals surface area contributed by atoms with Crippen molar-refractivity contribution < 1.29 is 9.53 Å². The Morgan fingerprint density at radius 1 is 1.31 bits per heavy atom. The van der Waals surface area contributed by atoms with Gasteiger partial charge in [0.1, 0.15) is 11.6 Å². The molecule has 0 bridgehead atoms. The molecule has 1 amide bonds. The van der Waals surface area contributed by atoms with Crippen LogP contribution in [0.3, 0.4) is 0 Å². The zero-order chi connectivity index (χ0) is 18.6. The number of fused-ring (bicyclic) bond motifs is 2. The first-order valence-electron chi connectivity index (χ1n) is 8.30. The van der Waals surface area contributed by atoms with Gasteiger partial charge in [0.15, 0.2) is 5.49 Å². The van der Waals surface area contributed by atoms with Crippen molar-refractivity contribution >= 4 is 23.9 Å². The van der Waals surface area contributed by atoms with Crippen LogP contribution in [0.5, 0.6) is 5.75 Å². The molecule has 0 fully saturated rings. The summed E-state index contributed by atoms with van der Waals surface area (Å²) in [4.78, 5) is 23.1. The number of carbonyl (C=O) groups excluding carboxylic acids is 1. The number of primary amides is 1. The van der Waals surface area contributed by atoms with Crippen LogP contribution in [-0.4, -0.2) is 41.5 Å². The Balaban J connectivity index is 2.15. The van der Waals surface area contributed by atoms with Crippen LogP contribution in [-0.2, 0) is 0 Å². The molecular weight excluding hydrogens is 332 g/mol. The number of nitrogen functional groups attached to an aromatic ring is 1. The number of guanidine groups is 1. The molecule has 3 heterocycles. The molecule has 0 spiro atoms. The van der Waals surface area contributed by atoms with Crippen LogP contribution in [0.15, 0.2) is 22.1 Å². The minimum atomic E-state index is -0.582. The Morgan fingerprint density at radius 2 is 2.08 bits per heavy atom. The second-order valence-electron chi connectivity index (χ2n) is 6.37. The van der Waals surface area contributed by atoms with E-state index in [0.29, 0.717) is 23.2 Å². The van der Waals surface area contributed by atoms with Gasteiger partial charge >= 0.3 is 0 Å². The summed E-state index contributed by atoms with van der Waals surface area (Å²) >= 11 is 0. The van der Waals surface area contributed by atoms with Gasteiger partial charge in [0, 0.05) is 18.3 Å². The predicted molar refractivity (Wildman–Crippen MR) is 99.0 cm³/mol. The number of aromatic nitrogens is 1. The van der Waals surface area contributed by atoms with Gasteiger partial charge in [-0.3, -0.25) is 9.36 Å². The minimum absolute atomic E-state index is 0.267. The second kappa shape index (κ2) is 5.62. The minimum Gasteiger partial charge on any atom is -0.496 e. The molecule has 0 unspecified atom stereocenters. The van der Waals surface area contributed by atoms with Gasteiger partial charge in [-0.25, -0.2) is 4.99 Å². The smallest absolute Gasteiger partial charge is 0.253 e. The number of aliphatic imine (C=N–C) groups is 1. The predicted octanol–water partition coefficient (Wildman–Crippen LogP) is -0.173. The highest BCUT2D eigenvalue weighted by Crippen LogP contribution is 2.29. The number of carbonyl (C=O) groups is 1. The van der Waals surface area contributed by atoms with Gasteiger partial charge in [-0.15, -0.1) is 0 Å². The number of hydrogen-bond acceptors (Lipinski definition) is 6. The number of hydrogen-bond donors (Lipinski definition) is 2. The summed E-state index contributed by atoms with van der Waals surface area (Å²) in [6, 6.07) is 3.85. The zero-order valence-electron chi connectivity index (χ0n) is 14.9. The molecule has 0 aliphatic carbocycles. The monoisotopic (exact) mass is 352 g/mol. The quantitative estimate of drug-likeness (QED) is 0.798. The van der Waals surface area contributed by atoms with E-state index in [9.17, 15) is 4.79 Å². The molecule has 1 aromatic heterocycles. The van der Waals surface area contributed by atoms with Crippen molar-refractivity contribution in [3.05, 3.63) is 39.5 Å². The zero-order valence-corrected chi connectivity index (χ0v) is 14.9. The summed E-state index contributed by atoms with van der Waals surface area (Å²) in [7, 11) is 1.62. The lowest BCUT2D eigenvalue weighted by Gasteiger charge is -2.18. The van der Waals surface area contributed by atoms with Crippen LogP contribution in [0.2, 0.25) is 0 Å². The Labute approximate surface area is 150 Å². The van der Waals surface area contributed by atoms with E-state index in [-0.39, 0.29) is 11.4 Å². The van der Waals surface area contributed by atoms with E-state index in [2.05, 4.69) is 9.98 Å². The fourth-order valence-electron chi connectivity index (χ4n) is 3.62. The van der Waals surface area contributed by atoms with Crippen molar-refractivity contribution in [1.29, 1.82) is 0 Å². The first-order valence-corrected chi connectivity index (χ1v) is 8.30. The highest BCUT2D eigenvalue weighted by atomic mass is 16.5. The van der Waals surface area contributed by atoms with E-state index in [1.807, 2.05) is 37.1 Å². The standard InChI is InChI=1S/C18H20N6O2/c1-9-4-5-12(26-3)10(2)14(9)24-15(19)13(16(20)25)11-8-23-7-6-21-18(23)22-17(11)24/h4-5,8H,6-7,19H2,1-3H3,(H2,20,25). The van der Waals surface area contributed by atoms with Gasteiger partial charge in [0.25, 0.3) is 5.91 Å². The maximum Gasteiger partial charge on any atom is 0.253 e. The molecule has 2 aliphatic rings. The normalized spacial score (nSPS) is 14.9. The Kier molecular flexibility index (Phi) is 3.50. The number of ether oxygens (including phenoxy) is 1. The highest BCUT2D eigenvalue weighted by Gasteiger charge is 2.27. The lowest BCUT2D eigenvalue weighted by molar-refractivity contribution is 0.1000. The van der Waals surface area contributed by atoms with Crippen LogP contribution in [0.1, 0.15) is 21.5 Å². The molecular formula is C18H20N6O2. The Morgan fingerprint density at radius 3 is 2.77 bits per heavy atom. The first kappa shape index (κ1) is 16.2. The van der Waals surface area contributed by atoms with E-state index in [0.717, 1.165) is 29.1 Å². The molecule has 0 saturated carbocycles. The SMILES string of the molecule is COc1ccc(C)c(-n2c(N)c(C(N)=O)c3c2=NC2=NCCN2C=3)c1C. The number of benzene rings is 1. The van der Waals surface area contributed by atoms with Gasteiger partial charge in [-0.2, -0.15) is 4.99 Å². The molecule has 26 heavy (non-hydrogen) atoms. The lowest BCUT2D eigenvalue weighted by Crippen LogP contribution is -2.41. The van der Waals surface area contributed by atoms with Crippen LogP contribution in [0.4, 0.5) is 5.82 Å². The number of amides is 1. The summed E-state index contributed by atoms with van der Waals surface area (Å²) < 4.78 is 7.23. The van der Waals surface area contributed by atoms with Crippen LogP contribution in [0.25, 0.3) is 11.9 Å². The Bertz CT molecular complexity index is 1100. The molecule has 0 radical (unpaired) electrons. The fraction of sp³-hybridized carbons (Fsp3) is 0.278. The van der Waals surface area contributed by atoms with Crippen molar-refractivity contribution in [3.8, 4) is 11.4 Å². The molecule has 0 saturated heterocycles. The van der Waals surface area contributed by atoms with Gasteiger partial charge in [-0.1, -0.05) is 6.07 Å². The number of anilines is 1. The van der Waals surface area contributed by atoms with Gasteiger partial charge in [-0.05, 0) is 25.5 Å².